The Kier molecular flexibility index (Phi) is 4.25. The van der Waals surface area contributed by atoms with E-state index in [1.807, 2.05) is 48.5 Å². The largest absolute Gasteiger partial charge is 0.467 e. The summed E-state index contributed by atoms with van der Waals surface area (Å²) >= 11 is 0. The van der Waals surface area contributed by atoms with Crippen molar-refractivity contribution in [1.29, 1.82) is 0 Å². The second-order valence-electron chi connectivity index (χ2n) is 6.20. The van der Waals surface area contributed by atoms with Crippen molar-refractivity contribution in [3.63, 3.8) is 0 Å². The lowest BCUT2D eigenvalue weighted by Crippen LogP contribution is -2.39. The minimum absolute atomic E-state index is 0.0688. The summed E-state index contributed by atoms with van der Waals surface area (Å²) in [7, 11) is 0. The summed E-state index contributed by atoms with van der Waals surface area (Å²) in [4.78, 5) is 17.0. The molecule has 0 atom stereocenters. The van der Waals surface area contributed by atoms with E-state index in [4.69, 9.17) is 4.42 Å². The van der Waals surface area contributed by atoms with E-state index in [0.29, 0.717) is 13.1 Å². The first-order valence-electron chi connectivity index (χ1n) is 8.52. The quantitative estimate of drug-likeness (QED) is 0.711. The van der Waals surface area contributed by atoms with Crippen LogP contribution in [-0.4, -0.2) is 19.0 Å². The maximum absolute atomic E-state index is 13.1. The van der Waals surface area contributed by atoms with Crippen molar-refractivity contribution in [2.45, 2.75) is 13.0 Å². The van der Waals surface area contributed by atoms with Gasteiger partial charge in [0.2, 0.25) is 5.91 Å². The number of rotatable bonds is 5. The Morgan fingerprint density at radius 1 is 1.00 bits per heavy atom. The van der Waals surface area contributed by atoms with E-state index >= 15 is 0 Å². The van der Waals surface area contributed by atoms with Crippen LogP contribution < -0.4 is 9.80 Å². The van der Waals surface area contributed by atoms with E-state index in [2.05, 4.69) is 23.1 Å². The number of carbonyl (C=O) groups is 1. The van der Waals surface area contributed by atoms with E-state index in [-0.39, 0.29) is 5.91 Å². The van der Waals surface area contributed by atoms with Crippen LogP contribution in [0.2, 0.25) is 0 Å². The fourth-order valence-corrected chi connectivity index (χ4v) is 3.31. The zero-order valence-corrected chi connectivity index (χ0v) is 14.0. The molecule has 0 bridgehead atoms. The van der Waals surface area contributed by atoms with Gasteiger partial charge in [-0.05, 0) is 42.3 Å². The van der Waals surface area contributed by atoms with E-state index < -0.39 is 0 Å². The van der Waals surface area contributed by atoms with Crippen molar-refractivity contribution in [3.8, 4) is 0 Å². The van der Waals surface area contributed by atoms with Gasteiger partial charge in [0, 0.05) is 17.9 Å². The summed E-state index contributed by atoms with van der Waals surface area (Å²) in [5.74, 6) is 0.846. The van der Waals surface area contributed by atoms with Gasteiger partial charge in [-0.15, -0.1) is 0 Å². The van der Waals surface area contributed by atoms with Gasteiger partial charge < -0.3 is 14.2 Å². The van der Waals surface area contributed by atoms with Crippen LogP contribution in [0.3, 0.4) is 0 Å². The number of fused-ring (bicyclic) bond motifs is 1. The highest BCUT2D eigenvalue weighted by Gasteiger charge is 2.24. The minimum Gasteiger partial charge on any atom is -0.467 e. The maximum atomic E-state index is 13.1. The molecule has 0 fully saturated rings. The second kappa shape index (κ2) is 6.85. The fraction of sp³-hybridized carbons (Fsp3) is 0.190. The standard InChI is InChI=1S/C21H20N2O2/c24-21(16-22-13-12-17-7-4-5-11-20(17)22)23(15-19-10-6-14-25-19)18-8-2-1-3-9-18/h1-11,14H,12-13,15-16H2. The SMILES string of the molecule is O=C(CN1CCc2ccccc21)N(Cc1ccco1)c1ccccc1. The van der Waals surface area contributed by atoms with Gasteiger partial charge in [0.15, 0.2) is 0 Å². The Morgan fingerprint density at radius 2 is 1.80 bits per heavy atom. The number of nitrogens with zero attached hydrogens (tertiary/aromatic N) is 2. The zero-order valence-electron chi connectivity index (χ0n) is 14.0. The highest BCUT2D eigenvalue weighted by atomic mass is 16.3. The van der Waals surface area contributed by atoms with Gasteiger partial charge in [0.1, 0.15) is 5.76 Å². The molecule has 4 rings (SSSR count). The first kappa shape index (κ1) is 15.5. The van der Waals surface area contributed by atoms with E-state index in [1.165, 1.54) is 11.3 Å². The van der Waals surface area contributed by atoms with Crippen LogP contribution in [0.15, 0.2) is 77.4 Å². The van der Waals surface area contributed by atoms with Crippen molar-refractivity contribution in [1.82, 2.24) is 0 Å². The van der Waals surface area contributed by atoms with Gasteiger partial charge in [-0.1, -0.05) is 36.4 Å². The van der Waals surface area contributed by atoms with Crippen molar-refractivity contribution in [2.75, 3.05) is 22.9 Å². The number of hydrogen-bond acceptors (Lipinski definition) is 3. The van der Waals surface area contributed by atoms with E-state index in [9.17, 15) is 4.79 Å². The summed E-state index contributed by atoms with van der Waals surface area (Å²) in [5.41, 5.74) is 3.37. The molecule has 1 amide bonds. The highest BCUT2D eigenvalue weighted by Crippen LogP contribution is 2.27. The molecule has 2 heterocycles. The smallest absolute Gasteiger partial charge is 0.246 e. The number of furan rings is 1. The molecule has 0 spiro atoms. The maximum Gasteiger partial charge on any atom is 0.246 e. The Hall–Kier alpha value is -3.01. The van der Waals surface area contributed by atoms with Gasteiger partial charge in [0.05, 0.1) is 19.4 Å². The van der Waals surface area contributed by atoms with Crippen molar-refractivity contribution < 1.29 is 9.21 Å². The molecule has 4 nitrogen and oxygen atoms in total. The third-order valence-corrected chi connectivity index (χ3v) is 4.57. The lowest BCUT2D eigenvalue weighted by molar-refractivity contribution is -0.117. The fourth-order valence-electron chi connectivity index (χ4n) is 3.31. The Balaban J connectivity index is 1.56. The molecule has 2 aromatic carbocycles. The van der Waals surface area contributed by atoms with Gasteiger partial charge in [-0.25, -0.2) is 0 Å². The van der Waals surface area contributed by atoms with Crippen LogP contribution in [0.25, 0.3) is 0 Å². The van der Waals surface area contributed by atoms with E-state index in [1.54, 1.807) is 11.2 Å². The lowest BCUT2D eigenvalue weighted by Gasteiger charge is -2.26. The highest BCUT2D eigenvalue weighted by molar-refractivity contribution is 5.96. The second-order valence-corrected chi connectivity index (χ2v) is 6.20. The number of amides is 1. The molecule has 1 aromatic heterocycles. The molecule has 0 saturated heterocycles. The van der Waals surface area contributed by atoms with Crippen molar-refractivity contribution >= 4 is 17.3 Å². The zero-order chi connectivity index (χ0) is 17.1. The van der Waals surface area contributed by atoms with Crippen LogP contribution in [0, 0.1) is 0 Å². The molecule has 3 aromatic rings. The third kappa shape index (κ3) is 3.29. The predicted octanol–water partition coefficient (Wildman–Crippen LogP) is 3.88. The molecule has 0 saturated carbocycles. The molecular weight excluding hydrogens is 312 g/mol. The average molecular weight is 332 g/mol. The monoisotopic (exact) mass is 332 g/mol. The summed E-state index contributed by atoms with van der Waals surface area (Å²) in [5, 5.41) is 0. The van der Waals surface area contributed by atoms with E-state index in [0.717, 1.165) is 24.4 Å². The first-order chi connectivity index (χ1) is 12.3. The van der Waals surface area contributed by atoms with Gasteiger partial charge >= 0.3 is 0 Å². The first-order valence-corrected chi connectivity index (χ1v) is 8.52. The third-order valence-electron chi connectivity index (χ3n) is 4.57. The Morgan fingerprint density at radius 3 is 2.60 bits per heavy atom. The van der Waals surface area contributed by atoms with Crippen LogP contribution in [-0.2, 0) is 17.8 Å². The van der Waals surface area contributed by atoms with Crippen LogP contribution in [0.5, 0.6) is 0 Å². The van der Waals surface area contributed by atoms with Gasteiger partial charge in [-0.3, -0.25) is 4.79 Å². The number of hydrogen-bond donors (Lipinski definition) is 0. The van der Waals surface area contributed by atoms with Crippen molar-refractivity contribution in [3.05, 3.63) is 84.3 Å². The van der Waals surface area contributed by atoms with Crippen LogP contribution in [0.4, 0.5) is 11.4 Å². The molecule has 4 heteroatoms. The molecule has 0 aliphatic carbocycles. The molecule has 0 N–H and O–H groups in total. The minimum atomic E-state index is 0.0688. The predicted molar refractivity (Wildman–Crippen MR) is 98.7 cm³/mol. The molecule has 0 unspecified atom stereocenters. The normalized spacial score (nSPS) is 12.9. The molecule has 126 valence electrons. The van der Waals surface area contributed by atoms with Gasteiger partial charge in [0.25, 0.3) is 0 Å². The van der Waals surface area contributed by atoms with Crippen LogP contribution >= 0.6 is 0 Å². The summed E-state index contributed by atoms with van der Waals surface area (Å²) in [6, 6.07) is 21.8. The molecule has 1 aliphatic heterocycles. The van der Waals surface area contributed by atoms with Crippen LogP contribution in [0.1, 0.15) is 11.3 Å². The van der Waals surface area contributed by atoms with Gasteiger partial charge in [-0.2, -0.15) is 0 Å². The summed E-state index contributed by atoms with van der Waals surface area (Å²) < 4.78 is 5.45. The number of para-hydroxylation sites is 2. The Labute approximate surface area is 147 Å². The summed E-state index contributed by atoms with van der Waals surface area (Å²) in [6.45, 7) is 1.69. The molecule has 1 aliphatic rings. The average Bonchev–Trinajstić information content (AvgIpc) is 3.31. The number of benzene rings is 2. The van der Waals surface area contributed by atoms with Crippen molar-refractivity contribution in [2.24, 2.45) is 0 Å². The molecule has 0 radical (unpaired) electrons. The Bertz CT molecular complexity index is 843. The topological polar surface area (TPSA) is 36.7 Å². The lowest BCUT2D eigenvalue weighted by atomic mass is 10.2. The molecule has 25 heavy (non-hydrogen) atoms. The number of anilines is 2. The number of carbonyl (C=O) groups excluding carboxylic acids is 1. The summed E-state index contributed by atoms with van der Waals surface area (Å²) in [6.07, 6.45) is 2.63. The molecular formula is C21H20N2O2.